The second-order valence-corrected chi connectivity index (χ2v) is 1.32. The average molecular weight is 179 g/mol. The molecule has 0 saturated carbocycles. The van der Waals surface area contributed by atoms with Gasteiger partial charge in [-0.25, -0.2) is 9.03 Å². The van der Waals surface area contributed by atoms with Crippen LogP contribution >= 0.6 is 9.03 Å². The van der Waals surface area contributed by atoms with Crippen LogP contribution in [0.5, 0.6) is 0 Å². The van der Waals surface area contributed by atoms with Crippen LogP contribution in [0.4, 0.5) is 0 Å². The van der Waals surface area contributed by atoms with Crippen LogP contribution in [0, 0.1) is 0 Å². The van der Waals surface area contributed by atoms with E-state index in [4.69, 9.17) is 0 Å². The van der Waals surface area contributed by atoms with Gasteiger partial charge in [-0.15, -0.1) is 0 Å². The van der Waals surface area contributed by atoms with E-state index < -0.39 is 0 Å². The monoisotopic (exact) mass is 178 g/mol. The third-order valence-corrected chi connectivity index (χ3v) is 0.447. The third-order valence-electron chi connectivity index (χ3n) is 0.149. The molecule has 0 N–H and O–H groups in total. The third kappa shape index (κ3) is 9.47. The van der Waals surface area contributed by atoms with Gasteiger partial charge < -0.3 is 9.05 Å². The molecular weight excluding hydrogens is 172 g/mol. The smallest absolute Gasteiger partial charge is 0.531 e. The largest absolute Gasteiger partial charge is 1.00 e. The Balaban J connectivity index is 0. The first-order chi connectivity index (χ1) is 2.41. The molecule has 0 heterocycles. The fourth-order valence-corrected chi connectivity index (χ4v) is 0.224. The van der Waals surface area contributed by atoms with E-state index in [-0.39, 0.29) is 58.2 Å². The van der Waals surface area contributed by atoms with Crippen molar-refractivity contribution in [2.24, 2.45) is 0 Å². The summed E-state index contributed by atoms with van der Waals surface area (Å²) in [6.45, 7) is 0. The molecule has 2 nitrogen and oxygen atoms in total. The molecule has 0 aromatic carbocycles. The second-order valence-electron chi connectivity index (χ2n) is 0.440. The Kier molecular flexibility index (Phi) is 18.7. The summed E-state index contributed by atoms with van der Waals surface area (Å²) in [5.74, 6) is 0. The van der Waals surface area contributed by atoms with Gasteiger partial charge in [0.15, 0.2) is 0 Å². The van der Waals surface area contributed by atoms with E-state index in [1.165, 1.54) is 0 Å². The maximum absolute atomic E-state index is 4.44. The van der Waals surface area contributed by atoms with Crippen LogP contribution in [-0.2, 0) is 9.05 Å². The second kappa shape index (κ2) is 10.2. The van der Waals surface area contributed by atoms with Crippen LogP contribution in [-0.4, -0.2) is 14.2 Å². The zero-order chi connectivity index (χ0) is 4.12. The number of hydrogen-bond donors (Lipinski definition) is 0. The molecule has 0 rings (SSSR count). The Labute approximate surface area is 88.7 Å². The van der Waals surface area contributed by atoms with Crippen LogP contribution in [0.3, 0.4) is 0 Å². The predicted octanol–water partition coefficient (Wildman–Crippen LogP) is -1.94. The molecule has 6 heavy (non-hydrogen) atoms. The normalized spacial score (nSPS) is 7.00. The van der Waals surface area contributed by atoms with Crippen LogP contribution in [0.1, 0.15) is 0 Å². The van der Waals surface area contributed by atoms with Crippen molar-refractivity contribution in [2.45, 2.75) is 0 Å². The van der Waals surface area contributed by atoms with E-state index in [0.717, 1.165) is 0 Å². The minimum Gasteiger partial charge on any atom is -0.531 e. The molecule has 0 saturated heterocycles. The summed E-state index contributed by atoms with van der Waals surface area (Å²) in [5, 5.41) is 0. The molecule has 0 fully saturated rings. The fourth-order valence-electron chi connectivity index (χ4n) is 0.0745. The summed E-state index contributed by atoms with van der Waals surface area (Å²) in [6.07, 6.45) is 0. The summed E-state index contributed by atoms with van der Waals surface area (Å²) in [4.78, 5) is 0. The Morgan fingerprint density at radius 1 is 1.17 bits per heavy atom. The van der Waals surface area contributed by atoms with Crippen molar-refractivity contribution in [2.75, 3.05) is 14.2 Å². The molecule has 0 spiro atoms. The minimum absolute atomic E-state index is 0. The molecule has 0 amide bonds. The zero-order valence-electron chi connectivity index (χ0n) is 4.26. The molecule has 0 radical (unpaired) electrons. The maximum Gasteiger partial charge on any atom is 1.00 e. The standard InChI is InChI=1S/C2H6O2P.Rb/c1-3-5-4-2;/h1-2H3;/q-1;+1. The summed E-state index contributed by atoms with van der Waals surface area (Å²) < 4.78 is 8.88. The molecule has 0 bridgehead atoms. The van der Waals surface area contributed by atoms with Crippen LogP contribution in [0.25, 0.3) is 0 Å². The fraction of sp³-hybridized carbons (Fsp3) is 1.00. The van der Waals surface area contributed by atoms with Crippen LogP contribution in [0.2, 0.25) is 0 Å². The van der Waals surface area contributed by atoms with Gasteiger partial charge in [0, 0.05) is 14.2 Å². The van der Waals surface area contributed by atoms with Gasteiger partial charge in [0.25, 0.3) is 0 Å². The average Bonchev–Trinajstić information content (AvgIpc) is 1.41. The van der Waals surface area contributed by atoms with Gasteiger partial charge in [-0.3, -0.25) is 0 Å². The first kappa shape index (κ1) is 11.0. The molecular formula is C2H6O2PRb. The summed E-state index contributed by atoms with van der Waals surface area (Å²) in [5.41, 5.74) is 0. The summed E-state index contributed by atoms with van der Waals surface area (Å²) >= 11 is 0. The summed E-state index contributed by atoms with van der Waals surface area (Å²) in [6, 6.07) is 0. The predicted molar refractivity (Wildman–Crippen MR) is 20.9 cm³/mol. The Hall–Kier alpha value is 2.16. The molecule has 0 unspecified atom stereocenters. The van der Waals surface area contributed by atoms with Gasteiger partial charge in [0.1, 0.15) is 0 Å². The van der Waals surface area contributed by atoms with Crippen molar-refractivity contribution < 1.29 is 67.2 Å². The van der Waals surface area contributed by atoms with E-state index >= 15 is 0 Å². The van der Waals surface area contributed by atoms with Gasteiger partial charge in [0.05, 0.1) is 0 Å². The molecule has 4 heteroatoms. The summed E-state index contributed by atoms with van der Waals surface area (Å²) in [7, 11) is 3.73. The quantitative estimate of drug-likeness (QED) is 0.458. The van der Waals surface area contributed by atoms with Gasteiger partial charge in [-0.2, -0.15) is 0 Å². The van der Waals surface area contributed by atoms with Gasteiger partial charge in [-0.1, -0.05) is 0 Å². The van der Waals surface area contributed by atoms with E-state index in [2.05, 4.69) is 9.05 Å². The number of hydrogen-bond acceptors (Lipinski definition) is 2. The molecule has 0 aromatic heterocycles. The molecule has 0 atom stereocenters. The minimum atomic E-state index is 0. The van der Waals surface area contributed by atoms with Crippen LogP contribution < -0.4 is 58.2 Å². The molecule has 0 aromatic rings. The Bertz CT molecular complexity index is 19.0. The van der Waals surface area contributed by atoms with Crippen molar-refractivity contribution >= 4 is 9.03 Å². The van der Waals surface area contributed by atoms with Crippen molar-refractivity contribution in [1.82, 2.24) is 0 Å². The van der Waals surface area contributed by atoms with Gasteiger partial charge >= 0.3 is 58.2 Å². The molecule has 0 aliphatic carbocycles. The van der Waals surface area contributed by atoms with Crippen molar-refractivity contribution in [1.29, 1.82) is 0 Å². The first-order valence-corrected chi connectivity index (χ1v) is 1.91. The molecule has 32 valence electrons. The maximum atomic E-state index is 4.44. The van der Waals surface area contributed by atoms with Gasteiger partial charge in [-0.05, 0) is 0 Å². The van der Waals surface area contributed by atoms with E-state index in [1.807, 2.05) is 0 Å². The SMILES string of the molecule is CO[P-]OC.[Rb+]. The first-order valence-electron chi connectivity index (χ1n) is 1.18. The van der Waals surface area contributed by atoms with Crippen molar-refractivity contribution in [3.63, 3.8) is 0 Å². The van der Waals surface area contributed by atoms with Crippen LogP contribution in [0.15, 0.2) is 0 Å². The topological polar surface area (TPSA) is 18.5 Å². The zero-order valence-corrected chi connectivity index (χ0v) is 10.1. The Morgan fingerprint density at radius 3 is 1.50 bits per heavy atom. The van der Waals surface area contributed by atoms with Crippen molar-refractivity contribution in [3.8, 4) is 0 Å². The Morgan fingerprint density at radius 2 is 1.50 bits per heavy atom. The molecule has 0 aliphatic heterocycles. The van der Waals surface area contributed by atoms with Crippen molar-refractivity contribution in [3.05, 3.63) is 0 Å². The van der Waals surface area contributed by atoms with E-state index in [1.54, 1.807) is 14.2 Å². The van der Waals surface area contributed by atoms with Gasteiger partial charge in [0.2, 0.25) is 0 Å². The number of rotatable bonds is 2. The van der Waals surface area contributed by atoms with E-state index in [0.29, 0.717) is 9.03 Å². The molecule has 0 aliphatic rings. The van der Waals surface area contributed by atoms with E-state index in [9.17, 15) is 0 Å².